The first kappa shape index (κ1) is 10.5. The summed E-state index contributed by atoms with van der Waals surface area (Å²) in [5, 5.41) is 0. The molecule has 1 aliphatic heterocycles. The second-order valence-corrected chi connectivity index (χ2v) is 3.22. The van der Waals surface area contributed by atoms with Crippen LogP contribution in [0.2, 0.25) is 0 Å². The van der Waals surface area contributed by atoms with E-state index in [1.54, 1.807) is 0 Å². The van der Waals surface area contributed by atoms with Gasteiger partial charge in [0.15, 0.2) is 0 Å². The predicted octanol–water partition coefficient (Wildman–Crippen LogP) is 1.60. The van der Waals surface area contributed by atoms with Gasteiger partial charge in [0.2, 0.25) is 5.78 Å². The van der Waals surface area contributed by atoms with Crippen molar-refractivity contribution in [2.75, 3.05) is 19.6 Å². The number of hydrogen-bond donors (Lipinski definition) is 0. The molecule has 13 heavy (non-hydrogen) atoms. The summed E-state index contributed by atoms with van der Waals surface area (Å²) in [5.41, 5.74) is 0. The number of rotatable bonds is 3. The van der Waals surface area contributed by atoms with E-state index in [1.165, 1.54) is 0 Å². The molecule has 1 aliphatic rings. The Bertz CT molecular complexity index is 184. The van der Waals surface area contributed by atoms with Crippen molar-refractivity contribution in [3.63, 3.8) is 0 Å². The molecular formula is C8H12F3NO. The number of alkyl halides is 3. The lowest BCUT2D eigenvalue weighted by atomic mass is 10.2. The molecule has 0 aliphatic carbocycles. The minimum absolute atomic E-state index is 0.248. The SMILES string of the molecule is O=C(CCN1CCCC1)C(F)(F)F. The Labute approximate surface area is 74.7 Å². The summed E-state index contributed by atoms with van der Waals surface area (Å²) < 4.78 is 35.3. The number of carbonyl (C=O) groups is 1. The predicted molar refractivity (Wildman–Crippen MR) is 41.4 cm³/mol. The molecule has 5 heteroatoms. The summed E-state index contributed by atoms with van der Waals surface area (Å²) in [6.07, 6.45) is -3.00. The van der Waals surface area contributed by atoms with Gasteiger partial charge in [0.25, 0.3) is 0 Å². The Hall–Kier alpha value is -0.580. The Morgan fingerprint density at radius 3 is 2.23 bits per heavy atom. The minimum atomic E-state index is -4.65. The first-order valence-electron chi connectivity index (χ1n) is 4.32. The Kier molecular flexibility index (Phi) is 3.30. The highest BCUT2D eigenvalue weighted by Gasteiger charge is 2.37. The van der Waals surface area contributed by atoms with Crippen LogP contribution in [0.5, 0.6) is 0 Å². The van der Waals surface area contributed by atoms with E-state index in [4.69, 9.17) is 0 Å². The molecule has 0 aromatic rings. The molecule has 0 atom stereocenters. The fourth-order valence-electron chi connectivity index (χ4n) is 1.41. The summed E-state index contributed by atoms with van der Waals surface area (Å²) in [5.74, 6) is -1.61. The monoisotopic (exact) mass is 195 g/mol. The highest BCUT2D eigenvalue weighted by molar-refractivity contribution is 5.84. The number of carbonyl (C=O) groups excluding carboxylic acids is 1. The van der Waals surface area contributed by atoms with E-state index in [0.717, 1.165) is 25.9 Å². The number of halogens is 3. The molecule has 2 nitrogen and oxygen atoms in total. The largest absolute Gasteiger partial charge is 0.450 e. The van der Waals surface area contributed by atoms with E-state index < -0.39 is 18.4 Å². The maximum absolute atomic E-state index is 11.8. The van der Waals surface area contributed by atoms with Gasteiger partial charge in [0.1, 0.15) is 0 Å². The summed E-state index contributed by atoms with van der Waals surface area (Å²) >= 11 is 0. The third-order valence-corrected chi connectivity index (χ3v) is 2.17. The van der Waals surface area contributed by atoms with Crippen molar-refractivity contribution in [3.05, 3.63) is 0 Å². The van der Waals surface area contributed by atoms with Gasteiger partial charge in [0.05, 0.1) is 0 Å². The fraction of sp³-hybridized carbons (Fsp3) is 0.875. The van der Waals surface area contributed by atoms with Gasteiger partial charge in [-0.25, -0.2) is 0 Å². The number of hydrogen-bond acceptors (Lipinski definition) is 2. The molecule has 1 saturated heterocycles. The molecule has 0 unspecified atom stereocenters. The van der Waals surface area contributed by atoms with Gasteiger partial charge in [-0.15, -0.1) is 0 Å². The van der Waals surface area contributed by atoms with Crippen LogP contribution in [0, 0.1) is 0 Å². The van der Waals surface area contributed by atoms with Crippen LogP contribution in [0.15, 0.2) is 0 Å². The van der Waals surface area contributed by atoms with Crippen LogP contribution < -0.4 is 0 Å². The van der Waals surface area contributed by atoms with E-state index in [2.05, 4.69) is 0 Å². The summed E-state index contributed by atoms with van der Waals surface area (Å²) in [6, 6.07) is 0. The van der Waals surface area contributed by atoms with E-state index >= 15 is 0 Å². The molecule has 1 heterocycles. The standard InChI is InChI=1S/C8H12F3NO/c9-8(10,11)7(13)3-6-12-4-1-2-5-12/h1-6H2. The lowest BCUT2D eigenvalue weighted by Crippen LogP contribution is -2.29. The zero-order valence-electron chi connectivity index (χ0n) is 7.23. The number of likely N-dealkylation sites (tertiary alicyclic amines) is 1. The number of nitrogens with zero attached hydrogens (tertiary/aromatic N) is 1. The van der Waals surface area contributed by atoms with Crippen LogP contribution in [0.4, 0.5) is 13.2 Å². The first-order valence-corrected chi connectivity index (χ1v) is 4.32. The van der Waals surface area contributed by atoms with Crippen LogP contribution in [0.1, 0.15) is 19.3 Å². The van der Waals surface area contributed by atoms with Crippen LogP contribution in [-0.2, 0) is 4.79 Å². The van der Waals surface area contributed by atoms with E-state index in [1.807, 2.05) is 4.90 Å². The van der Waals surface area contributed by atoms with Crippen LogP contribution in [-0.4, -0.2) is 36.5 Å². The summed E-state index contributed by atoms with van der Waals surface area (Å²) in [7, 11) is 0. The topological polar surface area (TPSA) is 20.3 Å². The molecule has 0 radical (unpaired) electrons. The Morgan fingerprint density at radius 2 is 1.77 bits per heavy atom. The molecule has 0 saturated carbocycles. The Balaban J connectivity index is 2.22. The van der Waals surface area contributed by atoms with Gasteiger partial charge < -0.3 is 4.90 Å². The average molecular weight is 195 g/mol. The highest BCUT2D eigenvalue weighted by atomic mass is 19.4. The normalized spacial score (nSPS) is 19.3. The minimum Gasteiger partial charge on any atom is -0.303 e. The Morgan fingerprint density at radius 1 is 1.23 bits per heavy atom. The van der Waals surface area contributed by atoms with Crippen LogP contribution in [0.25, 0.3) is 0 Å². The van der Waals surface area contributed by atoms with Crippen molar-refractivity contribution in [3.8, 4) is 0 Å². The number of ketones is 1. The van der Waals surface area contributed by atoms with Crippen LogP contribution >= 0.6 is 0 Å². The number of Topliss-reactive ketones (excluding diaryl/α,β-unsaturated/α-hetero) is 1. The molecule has 0 aromatic carbocycles. The average Bonchev–Trinajstić information content (AvgIpc) is 2.50. The molecule has 0 aromatic heterocycles. The van der Waals surface area contributed by atoms with E-state index in [0.29, 0.717) is 0 Å². The molecule has 0 bridgehead atoms. The van der Waals surface area contributed by atoms with Crippen LogP contribution in [0.3, 0.4) is 0 Å². The van der Waals surface area contributed by atoms with E-state index in [-0.39, 0.29) is 6.54 Å². The van der Waals surface area contributed by atoms with Crippen molar-refractivity contribution in [2.45, 2.75) is 25.4 Å². The highest BCUT2D eigenvalue weighted by Crippen LogP contribution is 2.18. The van der Waals surface area contributed by atoms with E-state index in [9.17, 15) is 18.0 Å². The first-order chi connectivity index (χ1) is 6.00. The van der Waals surface area contributed by atoms with Crippen molar-refractivity contribution in [1.82, 2.24) is 4.90 Å². The lowest BCUT2D eigenvalue weighted by molar-refractivity contribution is -0.171. The van der Waals surface area contributed by atoms with Gasteiger partial charge in [-0.05, 0) is 25.9 Å². The summed E-state index contributed by atoms with van der Waals surface area (Å²) in [4.78, 5) is 12.4. The zero-order valence-corrected chi connectivity index (χ0v) is 7.23. The zero-order chi connectivity index (χ0) is 9.90. The van der Waals surface area contributed by atoms with Crippen molar-refractivity contribution >= 4 is 5.78 Å². The molecule has 1 rings (SSSR count). The molecule has 0 amide bonds. The van der Waals surface area contributed by atoms with Crippen molar-refractivity contribution < 1.29 is 18.0 Å². The second-order valence-electron chi connectivity index (χ2n) is 3.22. The van der Waals surface area contributed by atoms with Gasteiger partial charge >= 0.3 is 6.18 Å². The molecule has 0 spiro atoms. The maximum atomic E-state index is 11.8. The lowest BCUT2D eigenvalue weighted by Gasteiger charge is -2.13. The van der Waals surface area contributed by atoms with Gasteiger partial charge in [0, 0.05) is 13.0 Å². The van der Waals surface area contributed by atoms with Crippen molar-refractivity contribution in [2.24, 2.45) is 0 Å². The van der Waals surface area contributed by atoms with Gasteiger partial charge in [-0.3, -0.25) is 4.79 Å². The quantitative estimate of drug-likeness (QED) is 0.681. The molecular weight excluding hydrogens is 183 g/mol. The summed E-state index contributed by atoms with van der Waals surface area (Å²) in [6.45, 7) is 1.90. The molecule has 76 valence electrons. The third kappa shape index (κ3) is 3.34. The molecule has 1 fully saturated rings. The third-order valence-electron chi connectivity index (χ3n) is 2.17. The maximum Gasteiger partial charge on any atom is 0.450 e. The van der Waals surface area contributed by atoms with Gasteiger partial charge in [-0.2, -0.15) is 13.2 Å². The smallest absolute Gasteiger partial charge is 0.303 e. The fourth-order valence-corrected chi connectivity index (χ4v) is 1.41. The second kappa shape index (κ2) is 4.09. The molecule has 0 N–H and O–H groups in total. The van der Waals surface area contributed by atoms with Gasteiger partial charge in [-0.1, -0.05) is 0 Å². The van der Waals surface area contributed by atoms with Crippen molar-refractivity contribution in [1.29, 1.82) is 0 Å².